The maximum Gasteiger partial charge on any atom is 0.323 e. The molecule has 0 saturated carbocycles. The Bertz CT molecular complexity index is 2050. The first kappa shape index (κ1) is 34.0. The second-order valence-electron chi connectivity index (χ2n) is 9.99. The number of nitrogens with zero attached hydrogens (tertiary/aromatic N) is 4. The van der Waals surface area contributed by atoms with Crippen molar-refractivity contribution < 1.29 is 58.2 Å². The summed E-state index contributed by atoms with van der Waals surface area (Å²) in [5, 5.41) is 27.6. The van der Waals surface area contributed by atoms with Crippen LogP contribution < -0.4 is 33.9 Å². The standard InChI is InChI=1S/C28H24N4O13S3/c1-12(25-29(2)13-6-15-16(43-11-42-15)7-14(13)44-25)4-5-17(33)30(8-18(34)35)27(47-3)22-24(41)31(9-19(36)37)26(48-22)21-23(40)32(10-20(38)39)28(46)45-21/h4-7H,8-11H2,1-3H3,(H,34,35)(H,36,37)(H,38,39)/b5-4?,25-12+,26-21+,27-22+. The molecular weight excluding hydrogens is 697 g/mol. The molecule has 252 valence electrons. The van der Waals surface area contributed by atoms with Gasteiger partial charge >= 0.3 is 23.8 Å². The molecule has 1 fully saturated rings. The Kier molecular flexibility index (Phi) is 9.50. The number of carbonyl (C=O) groups excluding carboxylic acids is 2. The quantitative estimate of drug-likeness (QED) is 0.213. The topological polar surface area (TPSA) is 215 Å². The predicted molar refractivity (Wildman–Crippen MR) is 172 cm³/mol. The van der Waals surface area contributed by atoms with E-state index in [1.54, 1.807) is 31.0 Å². The first-order chi connectivity index (χ1) is 22.7. The first-order valence-corrected chi connectivity index (χ1v) is 15.9. The second-order valence-corrected chi connectivity index (χ2v) is 12.1. The highest BCUT2D eigenvalue weighted by Gasteiger charge is 2.37. The Morgan fingerprint density at radius 3 is 2.29 bits per heavy atom. The van der Waals surface area contributed by atoms with Crippen molar-refractivity contribution in [2.75, 3.05) is 38.1 Å². The Balaban J connectivity index is 1.57. The molecule has 2 amide bonds. The van der Waals surface area contributed by atoms with Crippen LogP contribution in [-0.4, -0.2) is 97.8 Å². The summed E-state index contributed by atoms with van der Waals surface area (Å²) in [6.07, 6.45) is 3.94. The lowest BCUT2D eigenvalue weighted by atomic mass is 10.2. The summed E-state index contributed by atoms with van der Waals surface area (Å²) >= 11 is 6.33. The van der Waals surface area contributed by atoms with Crippen LogP contribution in [0.1, 0.15) is 6.92 Å². The maximum absolute atomic E-state index is 13.6. The summed E-state index contributed by atoms with van der Waals surface area (Å²) in [5.74, 6) is -4.88. The zero-order chi connectivity index (χ0) is 35.0. The molecule has 1 aromatic carbocycles. The van der Waals surface area contributed by atoms with Gasteiger partial charge in [0.1, 0.15) is 33.9 Å². The van der Waals surface area contributed by atoms with Crippen molar-refractivity contribution in [3.05, 3.63) is 55.3 Å². The fourth-order valence-corrected chi connectivity index (χ4v) is 7.06. The SMILES string of the molecule is CS/C(=c1/s/c(=C2/OC(=S)N(CC(=O)O)C2=O)n(CC(=O)O)c1=O)N(CC(=O)O)C(=O)C=C/C(C)=C1/Oc2cc3c(cc2N1C)OCO3. The van der Waals surface area contributed by atoms with E-state index in [4.69, 9.17) is 36.3 Å². The van der Waals surface area contributed by atoms with E-state index in [1.807, 2.05) is 0 Å². The Hall–Kier alpha value is -5.34. The van der Waals surface area contributed by atoms with Gasteiger partial charge in [-0.3, -0.25) is 43.1 Å². The van der Waals surface area contributed by atoms with E-state index in [1.165, 1.54) is 12.3 Å². The highest BCUT2D eigenvalue weighted by atomic mass is 32.2. The third-order valence-corrected chi connectivity index (χ3v) is 9.26. The number of allylic oxidation sites excluding steroid dienone is 2. The Morgan fingerprint density at radius 2 is 1.67 bits per heavy atom. The van der Waals surface area contributed by atoms with Gasteiger partial charge < -0.3 is 39.2 Å². The van der Waals surface area contributed by atoms with Gasteiger partial charge in [-0.1, -0.05) is 0 Å². The molecule has 5 rings (SSSR count). The summed E-state index contributed by atoms with van der Waals surface area (Å²) in [6.45, 7) is -0.953. The number of hydrogen-bond donors (Lipinski definition) is 3. The fraction of sp³-hybridized carbons (Fsp3) is 0.250. The highest BCUT2D eigenvalue weighted by Crippen LogP contribution is 2.47. The minimum absolute atomic E-state index is 0.0847. The molecule has 0 aliphatic carbocycles. The normalized spacial score (nSPS) is 17.7. The van der Waals surface area contributed by atoms with E-state index in [9.17, 15) is 39.0 Å². The number of thioether (sulfide) groups is 1. The number of benzene rings is 1. The van der Waals surface area contributed by atoms with Crippen molar-refractivity contribution in [2.45, 2.75) is 13.5 Å². The molecule has 3 aliphatic heterocycles. The number of aliphatic carboxylic acids is 3. The lowest BCUT2D eigenvalue weighted by molar-refractivity contribution is -0.140. The number of carbonyl (C=O) groups is 5. The predicted octanol–water partition coefficient (Wildman–Crippen LogP) is -0.282. The van der Waals surface area contributed by atoms with Gasteiger partial charge in [0.15, 0.2) is 17.2 Å². The molecule has 3 N–H and O–H groups in total. The van der Waals surface area contributed by atoms with Gasteiger partial charge in [-0.05, 0) is 31.5 Å². The van der Waals surface area contributed by atoms with E-state index in [0.29, 0.717) is 55.2 Å². The smallest absolute Gasteiger partial charge is 0.323 e. The van der Waals surface area contributed by atoms with Crippen molar-refractivity contribution in [1.82, 2.24) is 14.4 Å². The van der Waals surface area contributed by atoms with Crippen LogP contribution in [0.4, 0.5) is 5.69 Å². The third kappa shape index (κ3) is 6.44. The maximum atomic E-state index is 13.6. The van der Waals surface area contributed by atoms with Crippen LogP contribution in [-0.2, 0) is 35.3 Å². The largest absolute Gasteiger partial charge is 0.480 e. The molecule has 1 saturated heterocycles. The van der Waals surface area contributed by atoms with Gasteiger partial charge in [-0.2, -0.15) is 0 Å². The van der Waals surface area contributed by atoms with Crippen LogP contribution in [0.5, 0.6) is 17.2 Å². The number of rotatable bonds is 10. The number of thiazole rings is 1. The minimum Gasteiger partial charge on any atom is -0.480 e. The van der Waals surface area contributed by atoms with Gasteiger partial charge in [0, 0.05) is 30.8 Å². The van der Waals surface area contributed by atoms with Crippen molar-refractivity contribution in [2.24, 2.45) is 0 Å². The van der Waals surface area contributed by atoms with Crippen LogP contribution in [0.15, 0.2) is 40.5 Å². The van der Waals surface area contributed by atoms with Crippen LogP contribution in [0.25, 0.3) is 10.8 Å². The third-order valence-electron chi connectivity index (χ3n) is 6.85. The number of amides is 2. The van der Waals surface area contributed by atoms with Gasteiger partial charge in [-0.15, -0.1) is 23.1 Å². The second kappa shape index (κ2) is 13.4. The lowest BCUT2D eigenvalue weighted by Gasteiger charge is -2.20. The lowest BCUT2D eigenvalue weighted by Crippen LogP contribution is -2.40. The average molecular weight is 721 g/mol. The summed E-state index contributed by atoms with van der Waals surface area (Å²) < 4.78 is 22.2. The van der Waals surface area contributed by atoms with Crippen molar-refractivity contribution in [3.8, 4) is 17.2 Å². The molecule has 20 heteroatoms. The van der Waals surface area contributed by atoms with E-state index in [2.05, 4.69) is 0 Å². The van der Waals surface area contributed by atoms with Crippen LogP contribution >= 0.6 is 35.3 Å². The summed E-state index contributed by atoms with van der Waals surface area (Å²) in [6, 6.07) is 3.41. The summed E-state index contributed by atoms with van der Waals surface area (Å²) in [7, 11) is 1.74. The first-order valence-electron chi connectivity index (χ1n) is 13.5. The van der Waals surface area contributed by atoms with E-state index >= 15 is 0 Å². The average Bonchev–Trinajstić information content (AvgIpc) is 3.76. The number of aromatic nitrogens is 1. The highest BCUT2D eigenvalue weighted by molar-refractivity contribution is 8.07. The molecule has 2 aromatic rings. The number of carboxylic acids is 3. The number of anilines is 1. The van der Waals surface area contributed by atoms with Gasteiger partial charge in [0.25, 0.3) is 16.6 Å². The van der Waals surface area contributed by atoms with E-state index in [-0.39, 0.29) is 21.0 Å². The van der Waals surface area contributed by atoms with Crippen molar-refractivity contribution in [3.63, 3.8) is 0 Å². The van der Waals surface area contributed by atoms with E-state index < -0.39 is 65.8 Å². The summed E-state index contributed by atoms with van der Waals surface area (Å²) in [5.41, 5.74) is 0.180. The molecule has 17 nitrogen and oxygen atoms in total. The summed E-state index contributed by atoms with van der Waals surface area (Å²) in [4.78, 5) is 78.1. The zero-order valence-electron chi connectivity index (χ0n) is 25.1. The minimum atomic E-state index is -1.47. The Labute approximate surface area is 282 Å². The number of hydrogen-bond acceptors (Lipinski definition) is 14. The monoisotopic (exact) mass is 720 g/mol. The van der Waals surface area contributed by atoms with Crippen molar-refractivity contribution in [1.29, 1.82) is 0 Å². The molecule has 48 heavy (non-hydrogen) atoms. The fourth-order valence-electron chi connectivity index (χ4n) is 4.74. The molecule has 4 heterocycles. The molecule has 0 unspecified atom stereocenters. The molecule has 0 atom stereocenters. The molecule has 0 bridgehead atoms. The zero-order valence-corrected chi connectivity index (χ0v) is 27.5. The van der Waals surface area contributed by atoms with Gasteiger partial charge in [0.05, 0.1) is 5.69 Å². The molecule has 0 spiro atoms. The number of fused-ring (bicyclic) bond motifs is 2. The van der Waals surface area contributed by atoms with Crippen LogP contribution in [0.3, 0.4) is 0 Å². The van der Waals surface area contributed by atoms with Crippen LogP contribution in [0, 0.1) is 0 Å². The number of carboxylic acid groups (broad SMARTS) is 3. The van der Waals surface area contributed by atoms with Gasteiger partial charge in [-0.25, -0.2) is 0 Å². The van der Waals surface area contributed by atoms with Crippen LogP contribution in [0.2, 0.25) is 0 Å². The Morgan fingerprint density at radius 1 is 1.00 bits per heavy atom. The number of thiocarbonyl (C=S) groups is 1. The number of ether oxygens (including phenoxy) is 4. The van der Waals surface area contributed by atoms with Gasteiger partial charge in [0.2, 0.25) is 18.4 Å². The molecule has 3 aliphatic rings. The molecule has 1 aromatic heterocycles. The van der Waals surface area contributed by atoms with Crippen molar-refractivity contribution >= 4 is 86.7 Å². The molecular formula is C28H24N4O13S3. The molecule has 0 radical (unpaired) electrons. The van der Waals surface area contributed by atoms with E-state index in [0.717, 1.165) is 22.7 Å².